The van der Waals surface area contributed by atoms with E-state index in [1.807, 2.05) is 0 Å². The van der Waals surface area contributed by atoms with Crippen LogP contribution in [0.1, 0.15) is 12.0 Å². The molecule has 0 radical (unpaired) electrons. The van der Waals surface area contributed by atoms with Gasteiger partial charge in [0.05, 0.1) is 5.02 Å². The summed E-state index contributed by atoms with van der Waals surface area (Å²) in [6.45, 7) is 2.54. The topological polar surface area (TPSA) is 23.5 Å². The van der Waals surface area contributed by atoms with E-state index in [-0.39, 0.29) is 17.4 Å². The summed E-state index contributed by atoms with van der Waals surface area (Å²) >= 11 is 5.72. The molecule has 1 N–H and O–H groups in total. The molecule has 1 aliphatic heterocycles. The highest BCUT2D eigenvalue weighted by atomic mass is 35.5. The van der Waals surface area contributed by atoms with Crippen molar-refractivity contribution in [3.63, 3.8) is 0 Å². The minimum atomic E-state index is -0.323. The van der Waals surface area contributed by atoms with E-state index >= 15 is 0 Å². The number of aliphatic hydroxyl groups is 1. The maximum Gasteiger partial charge on any atom is 0.146 e. The summed E-state index contributed by atoms with van der Waals surface area (Å²) in [7, 11) is 0. The van der Waals surface area contributed by atoms with E-state index in [0.29, 0.717) is 18.0 Å². The van der Waals surface area contributed by atoms with Crippen LogP contribution in [0.25, 0.3) is 0 Å². The van der Waals surface area contributed by atoms with Crippen LogP contribution in [0.5, 0.6) is 0 Å². The molecular formula is C12H15ClFNO. The second-order valence-corrected chi connectivity index (χ2v) is 4.69. The smallest absolute Gasteiger partial charge is 0.146 e. The lowest BCUT2D eigenvalue weighted by Gasteiger charge is -2.16. The van der Waals surface area contributed by atoms with Gasteiger partial charge in [-0.3, -0.25) is 4.90 Å². The third-order valence-electron chi connectivity index (χ3n) is 3.05. The van der Waals surface area contributed by atoms with Crippen molar-refractivity contribution < 1.29 is 9.50 Å². The molecule has 0 amide bonds. The van der Waals surface area contributed by atoms with E-state index in [2.05, 4.69) is 4.90 Å². The Morgan fingerprint density at radius 3 is 3.00 bits per heavy atom. The zero-order valence-corrected chi connectivity index (χ0v) is 9.75. The van der Waals surface area contributed by atoms with Gasteiger partial charge >= 0.3 is 0 Å². The van der Waals surface area contributed by atoms with Gasteiger partial charge in [0.2, 0.25) is 0 Å². The third-order valence-corrected chi connectivity index (χ3v) is 3.35. The number of nitrogens with zero attached hydrogens (tertiary/aromatic N) is 1. The van der Waals surface area contributed by atoms with Crippen LogP contribution in [-0.2, 0) is 6.54 Å². The maximum absolute atomic E-state index is 13.6. The van der Waals surface area contributed by atoms with E-state index in [1.165, 1.54) is 0 Å². The van der Waals surface area contributed by atoms with Gasteiger partial charge in [-0.05, 0) is 24.9 Å². The van der Waals surface area contributed by atoms with Gasteiger partial charge in [0.1, 0.15) is 5.82 Å². The Hall–Kier alpha value is -0.640. The van der Waals surface area contributed by atoms with Gasteiger partial charge in [-0.1, -0.05) is 23.7 Å². The average molecular weight is 244 g/mol. The van der Waals surface area contributed by atoms with Crippen molar-refractivity contribution in [2.45, 2.75) is 13.0 Å². The Balaban J connectivity index is 2.02. The molecule has 1 aromatic rings. The first-order chi connectivity index (χ1) is 7.70. The minimum Gasteiger partial charge on any atom is -0.396 e. The summed E-state index contributed by atoms with van der Waals surface area (Å²) in [5, 5.41) is 9.20. The number of halogens is 2. The zero-order chi connectivity index (χ0) is 11.5. The zero-order valence-electron chi connectivity index (χ0n) is 9.00. The van der Waals surface area contributed by atoms with Gasteiger partial charge in [0.15, 0.2) is 0 Å². The van der Waals surface area contributed by atoms with Crippen molar-refractivity contribution in [2.75, 3.05) is 19.7 Å². The third kappa shape index (κ3) is 2.54. The van der Waals surface area contributed by atoms with Crippen LogP contribution in [-0.4, -0.2) is 29.7 Å². The molecule has 1 atom stereocenters. The second kappa shape index (κ2) is 5.13. The van der Waals surface area contributed by atoms with Gasteiger partial charge in [0, 0.05) is 25.3 Å². The number of benzene rings is 1. The lowest BCUT2D eigenvalue weighted by Crippen LogP contribution is -2.21. The predicted octanol–water partition coefficient (Wildman–Crippen LogP) is 2.29. The lowest BCUT2D eigenvalue weighted by molar-refractivity contribution is 0.219. The van der Waals surface area contributed by atoms with Crippen molar-refractivity contribution in [3.8, 4) is 0 Å². The molecule has 2 nitrogen and oxygen atoms in total. The minimum absolute atomic E-state index is 0.176. The highest BCUT2D eigenvalue weighted by Gasteiger charge is 2.22. The molecule has 1 aliphatic rings. The number of aliphatic hydroxyl groups excluding tert-OH is 1. The monoisotopic (exact) mass is 243 g/mol. The normalized spacial score (nSPS) is 21.6. The predicted molar refractivity (Wildman–Crippen MR) is 61.9 cm³/mol. The summed E-state index contributed by atoms with van der Waals surface area (Å²) in [5.41, 5.74) is 0.631. The molecular weight excluding hydrogens is 229 g/mol. The lowest BCUT2D eigenvalue weighted by atomic mass is 10.1. The highest BCUT2D eigenvalue weighted by Crippen LogP contribution is 2.22. The molecule has 88 valence electrons. The molecule has 16 heavy (non-hydrogen) atoms. The fraction of sp³-hybridized carbons (Fsp3) is 0.500. The molecule has 0 bridgehead atoms. The highest BCUT2D eigenvalue weighted by molar-refractivity contribution is 6.30. The van der Waals surface area contributed by atoms with Crippen LogP contribution in [0.4, 0.5) is 4.39 Å². The van der Waals surface area contributed by atoms with Crippen LogP contribution in [0.3, 0.4) is 0 Å². The van der Waals surface area contributed by atoms with E-state index in [1.54, 1.807) is 18.2 Å². The molecule has 1 fully saturated rings. The fourth-order valence-electron chi connectivity index (χ4n) is 2.12. The summed E-state index contributed by atoms with van der Waals surface area (Å²) in [4.78, 5) is 2.15. The fourth-order valence-corrected chi connectivity index (χ4v) is 2.31. The first-order valence-corrected chi connectivity index (χ1v) is 5.84. The molecule has 1 heterocycles. The average Bonchev–Trinajstić information content (AvgIpc) is 2.73. The Morgan fingerprint density at radius 1 is 1.50 bits per heavy atom. The SMILES string of the molecule is OCC1CCN(Cc2cccc(Cl)c2F)C1. The summed E-state index contributed by atoms with van der Waals surface area (Å²) in [5.74, 6) is 0.0128. The Labute approximate surface area is 99.6 Å². The first kappa shape index (κ1) is 11.8. The summed E-state index contributed by atoms with van der Waals surface area (Å²) in [6.07, 6.45) is 0.985. The van der Waals surface area contributed by atoms with Gasteiger partial charge in [-0.25, -0.2) is 4.39 Å². The van der Waals surface area contributed by atoms with Crippen LogP contribution in [0, 0.1) is 11.7 Å². The van der Waals surface area contributed by atoms with Crippen molar-refractivity contribution in [3.05, 3.63) is 34.6 Å². The van der Waals surface area contributed by atoms with E-state index in [4.69, 9.17) is 16.7 Å². The molecule has 0 saturated carbocycles. The van der Waals surface area contributed by atoms with E-state index in [0.717, 1.165) is 19.5 Å². The van der Waals surface area contributed by atoms with Crippen LogP contribution in [0.15, 0.2) is 18.2 Å². The summed E-state index contributed by atoms with van der Waals surface area (Å²) in [6, 6.07) is 5.08. The number of rotatable bonds is 3. The number of hydrogen-bond acceptors (Lipinski definition) is 2. The number of hydrogen-bond donors (Lipinski definition) is 1. The Morgan fingerprint density at radius 2 is 2.31 bits per heavy atom. The molecule has 0 aromatic heterocycles. The molecule has 1 unspecified atom stereocenters. The van der Waals surface area contributed by atoms with Crippen molar-refractivity contribution >= 4 is 11.6 Å². The van der Waals surface area contributed by atoms with E-state index < -0.39 is 0 Å². The van der Waals surface area contributed by atoms with Gasteiger partial charge < -0.3 is 5.11 Å². The van der Waals surface area contributed by atoms with Crippen molar-refractivity contribution in [2.24, 2.45) is 5.92 Å². The number of likely N-dealkylation sites (tertiary alicyclic amines) is 1. The Kier molecular flexibility index (Phi) is 3.79. The van der Waals surface area contributed by atoms with Crippen LogP contribution >= 0.6 is 11.6 Å². The van der Waals surface area contributed by atoms with Crippen molar-refractivity contribution in [1.82, 2.24) is 4.90 Å². The first-order valence-electron chi connectivity index (χ1n) is 5.47. The quantitative estimate of drug-likeness (QED) is 0.881. The summed E-state index contributed by atoms with van der Waals surface area (Å²) < 4.78 is 13.6. The van der Waals surface area contributed by atoms with Gasteiger partial charge in [-0.2, -0.15) is 0 Å². The molecule has 1 saturated heterocycles. The molecule has 1 aromatic carbocycles. The van der Waals surface area contributed by atoms with E-state index in [9.17, 15) is 4.39 Å². The van der Waals surface area contributed by atoms with Crippen molar-refractivity contribution in [1.29, 1.82) is 0 Å². The van der Waals surface area contributed by atoms with Crippen LogP contribution < -0.4 is 0 Å². The van der Waals surface area contributed by atoms with Gasteiger partial charge in [0.25, 0.3) is 0 Å². The second-order valence-electron chi connectivity index (χ2n) is 4.29. The largest absolute Gasteiger partial charge is 0.396 e. The van der Waals surface area contributed by atoms with Gasteiger partial charge in [-0.15, -0.1) is 0 Å². The molecule has 4 heteroatoms. The Bertz CT molecular complexity index is 372. The molecule has 2 rings (SSSR count). The maximum atomic E-state index is 13.6. The standard InChI is InChI=1S/C12H15ClFNO/c13-11-3-1-2-10(12(11)14)7-15-5-4-9(6-15)8-16/h1-3,9,16H,4-8H2. The molecule has 0 spiro atoms. The molecule has 0 aliphatic carbocycles. The van der Waals surface area contributed by atoms with Crippen LogP contribution in [0.2, 0.25) is 5.02 Å².